The summed E-state index contributed by atoms with van der Waals surface area (Å²) in [5.74, 6) is -0.0982. The van der Waals surface area contributed by atoms with Crippen molar-refractivity contribution in [1.82, 2.24) is 4.90 Å². The average Bonchev–Trinajstić information content (AvgIpc) is 2.53. The molecule has 1 aliphatic heterocycles. The Hall–Kier alpha value is -1.88. The summed E-state index contributed by atoms with van der Waals surface area (Å²) in [7, 11) is 1.72. The number of aryl methyl sites for hydroxylation is 2. The Bertz CT molecular complexity index is 593. The van der Waals surface area contributed by atoms with Gasteiger partial charge in [-0.05, 0) is 56.7 Å². The fourth-order valence-corrected chi connectivity index (χ4v) is 3.29. The fourth-order valence-electron chi connectivity index (χ4n) is 3.29. The van der Waals surface area contributed by atoms with E-state index < -0.39 is 0 Å². The van der Waals surface area contributed by atoms with Gasteiger partial charge in [-0.1, -0.05) is 18.6 Å². The predicted octanol–water partition coefficient (Wildman–Crippen LogP) is 1.55. The molecule has 5 heteroatoms. The molecule has 2 amide bonds. The SMILES string of the molecule is Cc1ccc(C)c(NC(=O)CN(C)C(=O)C[NH+]2CCCCCCC2)c1. The van der Waals surface area contributed by atoms with E-state index in [1.807, 2.05) is 32.0 Å². The second-order valence-electron chi connectivity index (χ2n) is 7.31. The molecule has 0 aliphatic carbocycles. The van der Waals surface area contributed by atoms with Gasteiger partial charge in [0, 0.05) is 12.7 Å². The molecule has 5 nitrogen and oxygen atoms in total. The van der Waals surface area contributed by atoms with Crippen LogP contribution in [0.3, 0.4) is 0 Å². The highest BCUT2D eigenvalue weighted by Gasteiger charge is 2.20. The summed E-state index contributed by atoms with van der Waals surface area (Å²) in [6.07, 6.45) is 6.25. The molecule has 0 aromatic heterocycles. The molecule has 1 aliphatic rings. The first-order valence-corrected chi connectivity index (χ1v) is 9.40. The number of rotatable bonds is 5. The number of carbonyl (C=O) groups excluding carboxylic acids is 2. The van der Waals surface area contributed by atoms with Crippen LogP contribution in [0.25, 0.3) is 0 Å². The van der Waals surface area contributed by atoms with Gasteiger partial charge in [-0.3, -0.25) is 9.59 Å². The molecule has 1 heterocycles. The molecule has 1 aromatic rings. The molecule has 2 N–H and O–H groups in total. The quantitative estimate of drug-likeness (QED) is 0.850. The molecule has 0 bridgehead atoms. The lowest BCUT2D eigenvalue weighted by Crippen LogP contribution is -3.13. The Kier molecular flexibility index (Phi) is 7.44. The maximum Gasteiger partial charge on any atom is 0.277 e. The topological polar surface area (TPSA) is 53.9 Å². The molecule has 0 saturated carbocycles. The molecule has 0 radical (unpaired) electrons. The molecule has 1 fully saturated rings. The van der Waals surface area contributed by atoms with Crippen molar-refractivity contribution in [2.24, 2.45) is 0 Å². The molecule has 0 atom stereocenters. The van der Waals surface area contributed by atoms with E-state index in [-0.39, 0.29) is 18.4 Å². The van der Waals surface area contributed by atoms with E-state index in [9.17, 15) is 9.59 Å². The van der Waals surface area contributed by atoms with Gasteiger partial charge in [0.1, 0.15) is 0 Å². The summed E-state index contributed by atoms with van der Waals surface area (Å²) in [6.45, 7) is 6.68. The van der Waals surface area contributed by atoms with Crippen molar-refractivity contribution in [3.63, 3.8) is 0 Å². The Balaban J connectivity index is 1.83. The van der Waals surface area contributed by atoms with Crippen molar-refractivity contribution in [3.05, 3.63) is 29.3 Å². The van der Waals surface area contributed by atoms with Gasteiger partial charge in [0.15, 0.2) is 6.54 Å². The summed E-state index contributed by atoms with van der Waals surface area (Å²) in [5, 5.41) is 2.92. The number of quaternary nitrogens is 1. The first-order valence-electron chi connectivity index (χ1n) is 9.40. The number of hydrogen-bond acceptors (Lipinski definition) is 2. The van der Waals surface area contributed by atoms with E-state index in [2.05, 4.69) is 5.32 Å². The first-order chi connectivity index (χ1) is 12.0. The minimum atomic E-state index is -0.146. The minimum absolute atomic E-state index is 0.0479. The molecule has 138 valence electrons. The van der Waals surface area contributed by atoms with Crippen molar-refractivity contribution in [1.29, 1.82) is 0 Å². The van der Waals surface area contributed by atoms with Crippen molar-refractivity contribution < 1.29 is 14.5 Å². The molecule has 1 aromatic carbocycles. The second kappa shape index (κ2) is 9.56. The standard InChI is InChI=1S/C20H31N3O2/c1-16-9-10-17(2)18(13-16)21-19(24)14-22(3)20(25)15-23-11-7-5-4-6-8-12-23/h9-10,13H,4-8,11-12,14-15H2,1-3H3,(H,21,24)/p+1. The molecule has 0 unspecified atom stereocenters. The molecule has 2 rings (SSSR count). The van der Waals surface area contributed by atoms with Crippen molar-refractivity contribution in [2.45, 2.75) is 46.0 Å². The van der Waals surface area contributed by atoms with Crippen LogP contribution in [0.4, 0.5) is 5.69 Å². The lowest BCUT2D eigenvalue weighted by Gasteiger charge is -2.24. The molecule has 1 saturated heterocycles. The minimum Gasteiger partial charge on any atom is -0.332 e. The summed E-state index contributed by atoms with van der Waals surface area (Å²) in [6, 6.07) is 5.97. The van der Waals surface area contributed by atoms with E-state index in [0.29, 0.717) is 6.54 Å². The number of carbonyl (C=O) groups is 2. The molecule has 25 heavy (non-hydrogen) atoms. The van der Waals surface area contributed by atoms with Gasteiger partial charge >= 0.3 is 0 Å². The van der Waals surface area contributed by atoms with Crippen LogP contribution in [-0.2, 0) is 9.59 Å². The number of likely N-dealkylation sites (tertiary alicyclic amines) is 1. The Labute approximate surface area is 151 Å². The highest BCUT2D eigenvalue weighted by molar-refractivity contribution is 5.95. The van der Waals surface area contributed by atoms with E-state index >= 15 is 0 Å². The monoisotopic (exact) mass is 346 g/mol. The summed E-state index contributed by atoms with van der Waals surface area (Å²) >= 11 is 0. The Morgan fingerprint density at radius 3 is 2.40 bits per heavy atom. The third-order valence-electron chi connectivity index (χ3n) is 4.94. The van der Waals surface area contributed by atoms with Crippen LogP contribution in [-0.4, -0.2) is 49.9 Å². The summed E-state index contributed by atoms with van der Waals surface area (Å²) in [4.78, 5) is 27.6. The average molecular weight is 346 g/mol. The number of amides is 2. The van der Waals surface area contributed by atoms with Gasteiger partial charge < -0.3 is 15.1 Å². The van der Waals surface area contributed by atoms with Crippen LogP contribution in [0.1, 0.15) is 43.2 Å². The zero-order chi connectivity index (χ0) is 18.2. The van der Waals surface area contributed by atoms with Crippen LogP contribution >= 0.6 is 0 Å². The van der Waals surface area contributed by atoms with Gasteiger partial charge in [0.05, 0.1) is 19.6 Å². The van der Waals surface area contributed by atoms with Gasteiger partial charge in [0.2, 0.25) is 5.91 Å². The third kappa shape index (κ3) is 6.50. The molecular weight excluding hydrogens is 314 g/mol. The van der Waals surface area contributed by atoms with Crippen molar-refractivity contribution >= 4 is 17.5 Å². The second-order valence-corrected chi connectivity index (χ2v) is 7.31. The number of anilines is 1. The van der Waals surface area contributed by atoms with Crippen LogP contribution in [0.5, 0.6) is 0 Å². The Morgan fingerprint density at radius 1 is 1.08 bits per heavy atom. The fraction of sp³-hybridized carbons (Fsp3) is 0.600. The summed E-state index contributed by atoms with van der Waals surface area (Å²) < 4.78 is 0. The number of hydrogen-bond donors (Lipinski definition) is 2. The number of likely N-dealkylation sites (N-methyl/N-ethyl adjacent to an activating group) is 1. The van der Waals surface area contributed by atoms with Crippen molar-refractivity contribution in [2.75, 3.05) is 38.5 Å². The zero-order valence-corrected chi connectivity index (χ0v) is 15.9. The van der Waals surface area contributed by atoms with Gasteiger partial charge in [0.25, 0.3) is 5.91 Å². The number of nitrogens with one attached hydrogen (secondary N) is 2. The molecular formula is C20H32N3O2+. The maximum absolute atomic E-state index is 12.4. The van der Waals surface area contributed by atoms with Gasteiger partial charge in [-0.2, -0.15) is 0 Å². The smallest absolute Gasteiger partial charge is 0.277 e. The zero-order valence-electron chi connectivity index (χ0n) is 15.9. The maximum atomic E-state index is 12.4. The highest BCUT2D eigenvalue weighted by Crippen LogP contribution is 2.16. The lowest BCUT2D eigenvalue weighted by atomic mass is 10.1. The van der Waals surface area contributed by atoms with E-state index in [1.54, 1.807) is 11.9 Å². The van der Waals surface area contributed by atoms with Crippen molar-refractivity contribution in [3.8, 4) is 0 Å². The largest absolute Gasteiger partial charge is 0.332 e. The Morgan fingerprint density at radius 2 is 1.72 bits per heavy atom. The molecule has 0 spiro atoms. The van der Waals surface area contributed by atoms with Crippen LogP contribution in [0, 0.1) is 13.8 Å². The van der Waals surface area contributed by atoms with Gasteiger partial charge in [-0.15, -0.1) is 0 Å². The van der Waals surface area contributed by atoms with Crippen LogP contribution < -0.4 is 10.2 Å². The van der Waals surface area contributed by atoms with E-state index in [1.165, 1.54) is 37.0 Å². The van der Waals surface area contributed by atoms with Crippen LogP contribution in [0.2, 0.25) is 0 Å². The van der Waals surface area contributed by atoms with Crippen LogP contribution in [0.15, 0.2) is 18.2 Å². The third-order valence-corrected chi connectivity index (χ3v) is 4.94. The first kappa shape index (κ1) is 19.4. The van der Waals surface area contributed by atoms with E-state index in [4.69, 9.17) is 0 Å². The predicted molar refractivity (Wildman–Crippen MR) is 101 cm³/mol. The summed E-state index contributed by atoms with van der Waals surface area (Å²) in [5.41, 5.74) is 2.95. The van der Waals surface area contributed by atoms with Gasteiger partial charge in [-0.25, -0.2) is 0 Å². The van der Waals surface area contributed by atoms with E-state index in [0.717, 1.165) is 29.9 Å². The lowest BCUT2D eigenvalue weighted by molar-refractivity contribution is -0.893. The normalized spacial score (nSPS) is 16.0. The number of nitrogens with zero attached hydrogens (tertiary/aromatic N) is 1. The number of benzene rings is 1. The highest BCUT2D eigenvalue weighted by atomic mass is 16.2.